The minimum Gasteiger partial charge on any atom is -0.480 e. The molecule has 1 aliphatic rings. The molecular formula is C10H12N2O4. The molecule has 1 amide bonds. The van der Waals surface area contributed by atoms with E-state index >= 15 is 0 Å². The quantitative estimate of drug-likeness (QED) is 0.808. The van der Waals surface area contributed by atoms with Gasteiger partial charge in [-0.15, -0.1) is 0 Å². The van der Waals surface area contributed by atoms with Gasteiger partial charge in [-0.1, -0.05) is 0 Å². The van der Waals surface area contributed by atoms with E-state index in [1.54, 1.807) is 0 Å². The number of carbonyl (C=O) groups is 2. The van der Waals surface area contributed by atoms with Crippen LogP contribution in [0.3, 0.4) is 0 Å². The summed E-state index contributed by atoms with van der Waals surface area (Å²) in [6.45, 7) is 0.178. The summed E-state index contributed by atoms with van der Waals surface area (Å²) in [5.74, 6) is -1.04. The number of aryl methyl sites for hydroxylation is 1. The smallest absolute Gasteiger partial charge is 0.411 e. The highest BCUT2D eigenvalue weighted by Gasteiger charge is 2.37. The van der Waals surface area contributed by atoms with Gasteiger partial charge in [0.25, 0.3) is 0 Å². The zero-order chi connectivity index (χ0) is 11.7. The van der Waals surface area contributed by atoms with Crippen LogP contribution >= 0.6 is 0 Å². The van der Waals surface area contributed by atoms with Crippen LogP contribution in [-0.4, -0.2) is 39.3 Å². The van der Waals surface area contributed by atoms with E-state index in [-0.39, 0.29) is 13.2 Å². The van der Waals surface area contributed by atoms with Gasteiger partial charge in [-0.2, -0.15) is 0 Å². The molecule has 0 spiro atoms. The van der Waals surface area contributed by atoms with E-state index in [1.807, 2.05) is 30.1 Å². The lowest BCUT2D eigenvalue weighted by atomic mass is 10.2. The van der Waals surface area contributed by atoms with Crippen molar-refractivity contribution in [2.75, 3.05) is 6.61 Å². The predicted octanol–water partition coefficient (Wildman–Crippen LogP) is 0.430. The number of cyclic esters (lactones) is 1. The van der Waals surface area contributed by atoms with Crippen LogP contribution < -0.4 is 0 Å². The van der Waals surface area contributed by atoms with Crippen LogP contribution in [0.5, 0.6) is 0 Å². The molecule has 6 heteroatoms. The molecule has 1 saturated heterocycles. The number of amides is 1. The van der Waals surface area contributed by atoms with E-state index in [1.165, 1.54) is 4.90 Å². The summed E-state index contributed by atoms with van der Waals surface area (Å²) >= 11 is 0. The molecule has 6 nitrogen and oxygen atoms in total. The van der Waals surface area contributed by atoms with Crippen molar-refractivity contribution in [2.24, 2.45) is 7.05 Å². The van der Waals surface area contributed by atoms with Crippen LogP contribution in [-0.2, 0) is 23.1 Å². The topological polar surface area (TPSA) is 71.8 Å². The molecule has 16 heavy (non-hydrogen) atoms. The Labute approximate surface area is 92.0 Å². The first-order chi connectivity index (χ1) is 7.58. The third-order valence-electron chi connectivity index (χ3n) is 2.51. The van der Waals surface area contributed by atoms with Crippen LogP contribution in [0.2, 0.25) is 0 Å². The lowest BCUT2D eigenvalue weighted by Crippen LogP contribution is -2.38. The van der Waals surface area contributed by atoms with Gasteiger partial charge in [0.05, 0.1) is 6.54 Å². The van der Waals surface area contributed by atoms with Crippen molar-refractivity contribution in [1.82, 2.24) is 9.47 Å². The number of aromatic nitrogens is 1. The first kappa shape index (κ1) is 10.5. The summed E-state index contributed by atoms with van der Waals surface area (Å²) < 4.78 is 6.56. The molecule has 1 atom stereocenters. The number of hydrogen-bond acceptors (Lipinski definition) is 3. The van der Waals surface area contributed by atoms with Crippen LogP contribution in [0.15, 0.2) is 18.5 Å². The van der Waals surface area contributed by atoms with Crippen molar-refractivity contribution >= 4 is 12.1 Å². The van der Waals surface area contributed by atoms with E-state index in [9.17, 15) is 9.59 Å². The Bertz CT molecular complexity index is 426. The molecule has 1 aromatic heterocycles. The number of aliphatic carboxylic acids is 1. The molecule has 1 fully saturated rings. The van der Waals surface area contributed by atoms with Gasteiger partial charge in [0.1, 0.15) is 6.61 Å². The number of nitrogens with zero attached hydrogens (tertiary/aromatic N) is 2. The van der Waals surface area contributed by atoms with Crippen molar-refractivity contribution in [3.63, 3.8) is 0 Å². The average molecular weight is 224 g/mol. The van der Waals surface area contributed by atoms with Crippen molar-refractivity contribution < 1.29 is 19.4 Å². The second-order valence-corrected chi connectivity index (χ2v) is 3.74. The molecule has 1 aliphatic heterocycles. The van der Waals surface area contributed by atoms with E-state index in [4.69, 9.17) is 9.84 Å². The summed E-state index contributed by atoms with van der Waals surface area (Å²) in [5, 5.41) is 8.91. The minimum atomic E-state index is -1.04. The standard InChI is InChI=1S/C10H12N2O4/c1-11-3-2-7(4-11)5-12-8(9(13)14)6-16-10(12)15/h2-4,8H,5-6H2,1H3,(H,13,14). The summed E-state index contributed by atoms with van der Waals surface area (Å²) in [6, 6.07) is 0.956. The fourth-order valence-corrected chi connectivity index (χ4v) is 1.68. The number of carboxylic acids is 1. The molecule has 0 saturated carbocycles. The lowest BCUT2D eigenvalue weighted by molar-refractivity contribution is -0.141. The molecule has 0 aromatic carbocycles. The highest BCUT2D eigenvalue weighted by Crippen LogP contribution is 2.16. The Hall–Kier alpha value is -1.98. The summed E-state index contributed by atoms with van der Waals surface area (Å²) in [7, 11) is 1.86. The van der Waals surface area contributed by atoms with Gasteiger partial charge in [0.15, 0.2) is 6.04 Å². The predicted molar refractivity (Wildman–Crippen MR) is 53.7 cm³/mol. The Balaban J connectivity index is 2.12. The van der Waals surface area contributed by atoms with Gasteiger partial charge in [-0.05, 0) is 11.6 Å². The fraction of sp³-hybridized carbons (Fsp3) is 0.400. The highest BCUT2D eigenvalue weighted by atomic mass is 16.6. The van der Waals surface area contributed by atoms with Crippen molar-refractivity contribution in [3.8, 4) is 0 Å². The van der Waals surface area contributed by atoms with Gasteiger partial charge in [0, 0.05) is 19.4 Å². The number of hydrogen-bond donors (Lipinski definition) is 1. The maximum Gasteiger partial charge on any atom is 0.411 e. The Morgan fingerprint density at radius 3 is 3.00 bits per heavy atom. The molecule has 86 valence electrons. The van der Waals surface area contributed by atoms with Crippen molar-refractivity contribution in [3.05, 3.63) is 24.0 Å². The van der Waals surface area contributed by atoms with Crippen LogP contribution in [0.4, 0.5) is 4.79 Å². The first-order valence-corrected chi connectivity index (χ1v) is 4.85. The Morgan fingerprint density at radius 1 is 1.69 bits per heavy atom. The van der Waals surface area contributed by atoms with Crippen molar-refractivity contribution in [2.45, 2.75) is 12.6 Å². The summed E-state index contributed by atoms with van der Waals surface area (Å²) in [6.07, 6.45) is 3.10. The largest absolute Gasteiger partial charge is 0.480 e. The van der Waals surface area contributed by atoms with Crippen LogP contribution in [0.1, 0.15) is 5.56 Å². The first-order valence-electron chi connectivity index (χ1n) is 4.85. The van der Waals surface area contributed by atoms with Gasteiger partial charge in [-0.25, -0.2) is 9.59 Å². The highest BCUT2D eigenvalue weighted by molar-refractivity contribution is 5.82. The zero-order valence-corrected chi connectivity index (χ0v) is 8.79. The Kier molecular flexibility index (Phi) is 2.55. The minimum absolute atomic E-state index is 0.0823. The Morgan fingerprint density at radius 2 is 2.44 bits per heavy atom. The molecule has 1 unspecified atom stereocenters. The molecule has 0 radical (unpaired) electrons. The SMILES string of the molecule is Cn1ccc(CN2C(=O)OCC2C(=O)O)c1. The van der Waals surface area contributed by atoms with E-state index in [2.05, 4.69) is 0 Å². The average Bonchev–Trinajstić information content (AvgIpc) is 2.76. The van der Waals surface area contributed by atoms with Gasteiger partial charge in [-0.3, -0.25) is 4.90 Å². The number of rotatable bonds is 3. The van der Waals surface area contributed by atoms with Gasteiger partial charge in [0.2, 0.25) is 0 Å². The number of carboxylic acid groups (broad SMARTS) is 1. The summed E-state index contributed by atoms with van der Waals surface area (Å²) in [5.41, 5.74) is 0.882. The lowest BCUT2D eigenvalue weighted by Gasteiger charge is -2.16. The third kappa shape index (κ3) is 1.86. The molecule has 2 heterocycles. The maximum absolute atomic E-state index is 11.3. The van der Waals surface area contributed by atoms with Crippen LogP contribution in [0, 0.1) is 0 Å². The molecule has 0 aliphatic carbocycles. The van der Waals surface area contributed by atoms with E-state index < -0.39 is 18.1 Å². The number of ether oxygens (including phenoxy) is 1. The zero-order valence-electron chi connectivity index (χ0n) is 8.79. The maximum atomic E-state index is 11.3. The molecule has 1 N–H and O–H groups in total. The third-order valence-corrected chi connectivity index (χ3v) is 2.51. The van der Waals surface area contributed by atoms with E-state index in [0.29, 0.717) is 0 Å². The van der Waals surface area contributed by atoms with Gasteiger partial charge >= 0.3 is 12.1 Å². The monoisotopic (exact) mass is 224 g/mol. The van der Waals surface area contributed by atoms with Crippen LogP contribution in [0.25, 0.3) is 0 Å². The van der Waals surface area contributed by atoms with Gasteiger partial charge < -0.3 is 14.4 Å². The normalized spacial score (nSPS) is 19.9. The second kappa shape index (κ2) is 3.88. The second-order valence-electron chi connectivity index (χ2n) is 3.74. The molecule has 2 rings (SSSR count). The fourth-order valence-electron chi connectivity index (χ4n) is 1.68. The molecule has 1 aromatic rings. The summed E-state index contributed by atoms with van der Waals surface area (Å²) in [4.78, 5) is 23.4. The molecular weight excluding hydrogens is 212 g/mol. The number of carbonyl (C=O) groups excluding carboxylic acids is 1. The molecule has 0 bridgehead atoms. The van der Waals surface area contributed by atoms with Crippen molar-refractivity contribution in [1.29, 1.82) is 0 Å². The van der Waals surface area contributed by atoms with E-state index in [0.717, 1.165) is 5.56 Å².